The minimum absolute atomic E-state index is 0.276. The molecule has 1 aromatic heterocycles. The molecule has 2 N–H and O–H groups in total. The third kappa shape index (κ3) is 2.10. The molecule has 0 radical (unpaired) electrons. The zero-order valence-electron chi connectivity index (χ0n) is 10.3. The predicted molar refractivity (Wildman–Crippen MR) is 74.6 cm³/mol. The molecule has 0 aliphatic carbocycles. The number of aromatic nitrogens is 2. The SMILES string of the molecule is Nc1nc2c(Cl)cccc2n1Cc1ccc(F)c(F)c1. The first-order valence-electron chi connectivity index (χ1n) is 5.90. The Morgan fingerprint density at radius 2 is 1.95 bits per heavy atom. The Kier molecular flexibility index (Phi) is 3.06. The van der Waals surface area contributed by atoms with Crippen molar-refractivity contribution >= 4 is 28.6 Å². The number of nitrogen functional groups attached to an aromatic ring is 1. The smallest absolute Gasteiger partial charge is 0.201 e. The van der Waals surface area contributed by atoms with Gasteiger partial charge in [0.15, 0.2) is 11.6 Å². The van der Waals surface area contributed by atoms with Crippen LogP contribution in [0.4, 0.5) is 14.7 Å². The van der Waals surface area contributed by atoms with Gasteiger partial charge in [0, 0.05) is 0 Å². The Labute approximate surface area is 118 Å². The predicted octanol–water partition coefficient (Wildman–Crippen LogP) is 3.60. The average molecular weight is 294 g/mol. The van der Waals surface area contributed by atoms with E-state index in [9.17, 15) is 8.78 Å². The van der Waals surface area contributed by atoms with Gasteiger partial charge < -0.3 is 10.3 Å². The van der Waals surface area contributed by atoms with Crippen molar-refractivity contribution in [1.82, 2.24) is 9.55 Å². The quantitative estimate of drug-likeness (QED) is 0.784. The van der Waals surface area contributed by atoms with Crippen LogP contribution in [0.5, 0.6) is 0 Å². The Bertz CT molecular complexity index is 798. The van der Waals surface area contributed by atoms with E-state index in [2.05, 4.69) is 4.98 Å². The van der Waals surface area contributed by atoms with Crippen molar-refractivity contribution < 1.29 is 8.78 Å². The van der Waals surface area contributed by atoms with Gasteiger partial charge in [0.05, 0.1) is 17.1 Å². The van der Waals surface area contributed by atoms with Gasteiger partial charge in [-0.2, -0.15) is 0 Å². The van der Waals surface area contributed by atoms with Gasteiger partial charge >= 0.3 is 0 Å². The van der Waals surface area contributed by atoms with Crippen molar-refractivity contribution in [2.75, 3.05) is 5.73 Å². The summed E-state index contributed by atoms with van der Waals surface area (Å²) in [6.45, 7) is 0.292. The van der Waals surface area contributed by atoms with Gasteiger partial charge in [0.1, 0.15) is 5.52 Å². The number of para-hydroxylation sites is 1. The second-order valence-corrected chi connectivity index (χ2v) is 4.82. The van der Waals surface area contributed by atoms with E-state index in [1.807, 2.05) is 6.07 Å². The lowest BCUT2D eigenvalue weighted by molar-refractivity contribution is 0.506. The fourth-order valence-electron chi connectivity index (χ4n) is 2.12. The molecule has 0 unspecified atom stereocenters. The van der Waals surface area contributed by atoms with E-state index >= 15 is 0 Å². The maximum absolute atomic E-state index is 13.2. The minimum atomic E-state index is -0.886. The molecule has 6 heteroatoms. The summed E-state index contributed by atoms with van der Waals surface area (Å²) in [5.74, 6) is -1.48. The van der Waals surface area contributed by atoms with E-state index in [0.717, 1.165) is 17.6 Å². The molecule has 2 aromatic carbocycles. The fraction of sp³-hybridized carbons (Fsp3) is 0.0714. The van der Waals surface area contributed by atoms with Gasteiger partial charge in [-0.25, -0.2) is 13.8 Å². The van der Waals surface area contributed by atoms with Gasteiger partial charge in [-0.3, -0.25) is 0 Å². The number of halogens is 3. The summed E-state index contributed by atoms with van der Waals surface area (Å²) < 4.78 is 27.9. The van der Waals surface area contributed by atoms with Crippen molar-refractivity contribution in [2.24, 2.45) is 0 Å². The molecule has 0 aliphatic rings. The first-order valence-corrected chi connectivity index (χ1v) is 6.28. The van der Waals surface area contributed by atoms with Crippen LogP contribution in [0, 0.1) is 11.6 Å². The van der Waals surface area contributed by atoms with Crippen LogP contribution in [0.15, 0.2) is 36.4 Å². The number of hydrogen-bond acceptors (Lipinski definition) is 2. The van der Waals surface area contributed by atoms with Gasteiger partial charge in [-0.1, -0.05) is 23.7 Å². The number of fused-ring (bicyclic) bond motifs is 1. The highest BCUT2D eigenvalue weighted by molar-refractivity contribution is 6.35. The molecule has 20 heavy (non-hydrogen) atoms. The van der Waals surface area contributed by atoms with Crippen molar-refractivity contribution in [1.29, 1.82) is 0 Å². The molecular formula is C14H10ClF2N3. The number of anilines is 1. The second-order valence-electron chi connectivity index (χ2n) is 4.41. The molecule has 3 rings (SSSR count). The molecular weight excluding hydrogens is 284 g/mol. The first-order chi connectivity index (χ1) is 9.56. The molecule has 0 fully saturated rings. The summed E-state index contributed by atoms with van der Waals surface area (Å²) >= 11 is 6.05. The van der Waals surface area contributed by atoms with E-state index in [1.54, 1.807) is 16.7 Å². The van der Waals surface area contributed by atoms with E-state index in [1.165, 1.54) is 6.07 Å². The maximum atomic E-state index is 13.2. The topological polar surface area (TPSA) is 43.8 Å². The third-order valence-corrected chi connectivity index (χ3v) is 3.39. The lowest BCUT2D eigenvalue weighted by Crippen LogP contribution is -2.05. The van der Waals surface area contributed by atoms with Crippen molar-refractivity contribution in [3.05, 3.63) is 58.6 Å². The molecule has 0 spiro atoms. The zero-order chi connectivity index (χ0) is 14.3. The van der Waals surface area contributed by atoms with Crippen LogP contribution in [-0.2, 0) is 6.54 Å². The molecule has 102 valence electrons. The first kappa shape index (κ1) is 12.9. The van der Waals surface area contributed by atoms with Crippen molar-refractivity contribution in [3.63, 3.8) is 0 Å². The van der Waals surface area contributed by atoms with E-state index < -0.39 is 11.6 Å². The molecule has 3 nitrogen and oxygen atoms in total. The van der Waals surface area contributed by atoms with E-state index in [4.69, 9.17) is 17.3 Å². The molecule has 3 aromatic rings. The Balaban J connectivity index is 2.08. The van der Waals surface area contributed by atoms with Gasteiger partial charge in [-0.05, 0) is 29.8 Å². The van der Waals surface area contributed by atoms with Gasteiger partial charge in [0.2, 0.25) is 5.95 Å². The van der Waals surface area contributed by atoms with Crippen LogP contribution in [0.3, 0.4) is 0 Å². The van der Waals surface area contributed by atoms with Crippen LogP contribution in [0.25, 0.3) is 11.0 Å². The van der Waals surface area contributed by atoms with E-state index in [-0.39, 0.29) is 5.95 Å². The monoisotopic (exact) mass is 293 g/mol. The van der Waals surface area contributed by atoms with Crippen molar-refractivity contribution in [3.8, 4) is 0 Å². The van der Waals surface area contributed by atoms with Crippen molar-refractivity contribution in [2.45, 2.75) is 6.54 Å². The summed E-state index contributed by atoms with van der Waals surface area (Å²) in [5.41, 5.74) is 7.80. The Morgan fingerprint density at radius 1 is 1.15 bits per heavy atom. The standard InChI is InChI=1S/C14H10ClF2N3/c15-9-2-1-3-12-13(9)19-14(18)20(12)7-8-4-5-10(16)11(17)6-8/h1-6H,7H2,(H2,18,19). The molecule has 0 aliphatic heterocycles. The van der Waals surface area contributed by atoms with Gasteiger partial charge in [-0.15, -0.1) is 0 Å². The Morgan fingerprint density at radius 3 is 2.70 bits per heavy atom. The summed E-state index contributed by atoms with van der Waals surface area (Å²) in [7, 11) is 0. The molecule has 0 saturated heterocycles. The van der Waals surface area contributed by atoms with Crippen LogP contribution >= 0.6 is 11.6 Å². The summed E-state index contributed by atoms with van der Waals surface area (Å²) in [6.07, 6.45) is 0. The lowest BCUT2D eigenvalue weighted by atomic mass is 10.2. The van der Waals surface area contributed by atoms with E-state index in [0.29, 0.717) is 22.6 Å². The molecule has 0 saturated carbocycles. The zero-order valence-corrected chi connectivity index (χ0v) is 11.0. The van der Waals surface area contributed by atoms with Crippen LogP contribution in [0.2, 0.25) is 5.02 Å². The molecule has 0 bridgehead atoms. The number of benzene rings is 2. The second kappa shape index (κ2) is 4.76. The molecule has 0 atom stereocenters. The number of imidazole rings is 1. The van der Waals surface area contributed by atoms with Gasteiger partial charge in [0.25, 0.3) is 0 Å². The largest absolute Gasteiger partial charge is 0.369 e. The normalized spacial score (nSPS) is 11.2. The average Bonchev–Trinajstić information content (AvgIpc) is 2.73. The highest BCUT2D eigenvalue weighted by atomic mass is 35.5. The summed E-state index contributed by atoms with van der Waals surface area (Å²) in [5, 5.41) is 0.498. The molecule has 0 amide bonds. The summed E-state index contributed by atoms with van der Waals surface area (Å²) in [6, 6.07) is 9.07. The fourth-order valence-corrected chi connectivity index (χ4v) is 2.33. The third-order valence-electron chi connectivity index (χ3n) is 3.08. The Hall–Kier alpha value is -2.14. The number of nitrogens with zero attached hydrogens (tertiary/aromatic N) is 2. The maximum Gasteiger partial charge on any atom is 0.201 e. The number of rotatable bonds is 2. The molecule has 1 heterocycles. The minimum Gasteiger partial charge on any atom is -0.369 e. The lowest BCUT2D eigenvalue weighted by Gasteiger charge is -2.07. The number of hydrogen-bond donors (Lipinski definition) is 1. The highest BCUT2D eigenvalue weighted by Gasteiger charge is 2.11. The van der Waals surface area contributed by atoms with Crippen LogP contribution < -0.4 is 5.73 Å². The van der Waals surface area contributed by atoms with Crippen LogP contribution in [-0.4, -0.2) is 9.55 Å². The highest BCUT2D eigenvalue weighted by Crippen LogP contribution is 2.25. The summed E-state index contributed by atoms with van der Waals surface area (Å²) in [4.78, 5) is 4.19. The van der Waals surface area contributed by atoms with Crippen LogP contribution in [0.1, 0.15) is 5.56 Å². The number of nitrogens with two attached hydrogens (primary N) is 1.